The summed E-state index contributed by atoms with van der Waals surface area (Å²) in [6.07, 6.45) is 16.4. The van der Waals surface area contributed by atoms with Crippen molar-refractivity contribution in [3.8, 4) is 0 Å². The summed E-state index contributed by atoms with van der Waals surface area (Å²) in [7, 11) is -4.27. The van der Waals surface area contributed by atoms with Gasteiger partial charge in [0.1, 0.15) is 16.7 Å². The van der Waals surface area contributed by atoms with Crippen molar-refractivity contribution >= 4 is 50.5 Å². The van der Waals surface area contributed by atoms with Crippen LogP contribution in [0.5, 0.6) is 0 Å². The molecule has 0 N–H and O–H groups in total. The summed E-state index contributed by atoms with van der Waals surface area (Å²) in [6.45, 7) is 8.07. The molecule has 3 aromatic carbocycles. The van der Waals surface area contributed by atoms with Gasteiger partial charge in [-0.25, -0.2) is 8.42 Å². The largest absolute Gasteiger partial charge is 0.744 e. The molecule has 0 atom stereocenters. The van der Waals surface area contributed by atoms with Crippen LogP contribution in [0.4, 0.5) is 5.69 Å². The molecular weight excluding hydrogens is 612 g/mol. The van der Waals surface area contributed by atoms with E-state index in [1.165, 1.54) is 56.8 Å². The smallest absolute Gasteiger partial charge is 0.212 e. The van der Waals surface area contributed by atoms with Gasteiger partial charge in [0, 0.05) is 46.6 Å². The van der Waals surface area contributed by atoms with Gasteiger partial charge in [-0.3, -0.25) is 0 Å². The number of benzene rings is 3. The summed E-state index contributed by atoms with van der Waals surface area (Å²) in [6, 6.07) is 27.3. The Morgan fingerprint density at radius 2 is 1.61 bits per heavy atom. The van der Waals surface area contributed by atoms with E-state index in [0.29, 0.717) is 0 Å². The van der Waals surface area contributed by atoms with E-state index in [1.54, 1.807) is 12.1 Å². The summed E-state index contributed by atoms with van der Waals surface area (Å²) in [4.78, 5) is 2.18. The lowest BCUT2D eigenvalue weighted by Crippen LogP contribution is -2.36. The number of hydrogen-bond acceptors (Lipinski definition) is 4. The van der Waals surface area contributed by atoms with Crippen LogP contribution < -0.4 is 9.47 Å². The molecule has 0 radical (unpaired) electrons. The Balaban J connectivity index is 0.000000322. The van der Waals surface area contributed by atoms with Crippen molar-refractivity contribution in [1.82, 2.24) is 0 Å². The van der Waals surface area contributed by atoms with Crippen LogP contribution in [-0.4, -0.2) is 19.5 Å². The van der Waals surface area contributed by atoms with E-state index in [9.17, 15) is 13.0 Å². The molecule has 236 valence electrons. The van der Waals surface area contributed by atoms with Crippen molar-refractivity contribution in [2.75, 3.05) is 11.4 Å². The molecule has 7 heteroatoms. The molecule has 4 aromatic rings. The highest BCUT2D eigenvalue weighted by Gasteiger charge is 2.17. The molecule has 0 fully saturated rings. The maximum atomic E-state index is 10.4. The number of aryl methyl sites for hydroxylation is 2. The molecule has 2 aliphatic rings. The average Bonchev–Trinajstić information content (AvgIpc) is 3.06. The van der Waals surface area contributed by atoms with Crippen LogP contribution in [0.1, 0.15) is 49.9 Å². The summed E-state index contributed by atoms with van der Waals surface area (Å²) in [5, 5.41) is 2.16. The van der Waals surface area contributed by atoms with Crippen LogP contribution in [0.25, 0.3) is 23.1 Å². The number of nitrogens with zero attached hydrogens (tertiary/aromatic N) is 2. The number of hydrogen-bond donors (Lipinski definition) is 0. The van der Waals surface area contributed by atoms with E-state index in [1.807, 2.05) is 6.92 Å². The SMILES string of the molecule is CCN1/C(=C/C=C2\CCCC(/C=C/c3ccc4ccccc4[n+]3CC)=C2Cl)C=Cc2ccccc21.Cc1ccc(S(=O)(=O)[O-])cc1. The highest BCUT2D eigenvalue weighted by molar-refractivity contribution is 7.85. The molecule has 46 heavy (non-hydrogen) atoms. The zero-order valence-corrected chi connectivity index (χ0v) is 28.1. The van der Waals surface area contributed by atoms with E-state index in [4.69, 9.17) is 11.6 Å². The third-order valence-electron chi connectivity index (χ3n) is 8.25. The fourth-order valence-electron chi connectivity index (χ4n) is 5.84. The van der Waals surface area contributed by atoms with Crippen molar-refractivity contribution in [3.05, 3.63) is 148 Å². The first-order valence-electron chi connectivity index (χ1n) is 15.7. The fraction of sp³-hybridized carbons (Fsp3) is 0.205. The lowest BCUT2D eigenvalue weighted by molar-refractivity contribution is -0.669. The van der Waals surface area contributed by atoms with Crippen LogP contribution >= 0.6 is 11.6 Å². The van der Waals surface area contributed by atoms with Gasteiger partial charge in [0.15, 0.2) is 0 Å². The van der Waals surface area contributed by atoms with Crippen LogP contribution in [0, 0.1) is 6.92 Å². The number of para-hydroxylation sites is 2. The zero-order chi connectivity index (χ0) is 32.7. The van der Waals surface area contributed by atoms with Crippen molar-refractivity contribution in [3.63, 3.8) is 0 Å². The molecule has 0 saturated heterocycles. The molecule has 1 aromatic heterocycles. The number of pyridine rings is 1. The quantitative estimate of drug-likeness (QED) is 0.154. The Morgan fingerprint density at radius 1 is 0.870 bits per heavy atom. The van der Waals surface area contributed by atoms with Gasteiger partial charge in [-0.05, 0) is 99.2 Å². The van der Waals surface area contributed by atoms with Gasteiger partial charge in [-0.1, -0.05) is 77.9 Å². The first-order chi connectivity index (χ1) is 22.2. The minimum absolute atomic E-state index is 0.178. The van der Waals surface area contributed by atoms with Gasteiger partial charge in [0.05, 0.1) is 4.90 Å². The molecule has 1 aliphatic heterocycles. The maximum absolute atomic E-state index is 10.4. The molecule has 0 spiro atoms. The number of aromatic nitrogens is 1. The lowest BCUT2D eigenvalue weighted by atomic mass is 9.93. The molecule has 0 amide bonds. The highest BCUT2D eigenvalue weighted by atomic mass is 35.5. The summed E-state index contributed by atoms with van der Waals surface area (Å²) in [5.74, 6) is 0. The van der Waals surface area contributed by atoms with Gasteiger partial charge in [-0.2, -0.15) is 4.57 Å². The first kappa shape index (κ1) is 33.1. The van der Waals surface area contributed by atoms with Crippen LogP contribution in [0.2, 0.25) is 0 Å². The van der Waals surface area contributed by atoms with E-state index in [-0.39, 0.29) is 4.90 Å². The van der Waals surface area contributed by atoms with Gasteiger partial charge in [0.2, 0.25) is 11.2 Å². The van der Waals surface area contributed by atoms with E-state index in [0.717, 1.165) is 42.9 Å². The van der Waals surface area contributed by atoms with Crippen molar-refractivity contribution < 1.29 is 17.5 Å². The molecule has 1 aliphatic carbocycles. The van der Waals surface area contributed by atoms with Crippen LogP contribution in [0.3, 0.4) is 0 Å². The van der Waals surface area contributed by atoms with E-state index < -0.39 is 10.1 Å². The molecular formula is C39H39ClN2O3S. The molecule has 6 rings (SSSR count). The summed E-state index contributed by atoms with van der Waals surface area (Å²) < 4.78 is 33.5. The van der Waals surface area contributed by atoms with Gasteiger partial charge in [-0.15, -0.1) is 0 Å². The molecule has 2 heterocycles. The Labute approximate surface area is 277 Å². The summed E-state index contributed by atoms with van der Waals surface area (Å²) in [5.41, 5.74) is 9.55. The Hall–Kier alpha value is -4.23. The molecule has 0 unspecified atom stereocenters. The second kappa shape index (κ2) is 14.9. The topological polar surface area (TPSA) is 64.3 Å². The van der Waals surface area contributed by atoms with Gasteiger partial charge >= 0.3 is 0 Å². The lowest BCUT2D eigenvalue weighted by Gasteiger charge is -2.29. The Bertz CT molecular complexity index is 1990. The van der Waals surface area contributed by atoms with Crippen molar-refractivity contribution in [1.29, 1.82) is 0 Å². The number of rotatable bonds is 6. The second-order valence-corrected chi connectivity index (χ2v) is 13.0. The number of anilines is 1. The fourth-order valence-corrected chi connectivity index (χ4v) is 6.62. The van der Waals surface area contributed by atoms with Gasteiger partial charge in [0.25, 0.3) is 0 Å². The van der Waals surface area contributed by atoms with Crippen LogP contribution in [0.15, 0.2) is 136 Å². The van der Waals surface area contributed by atoms with E-state index >= 15 is 0 Å². The first-order valence-corrected chi connectivity index (χ1v) is 17.4. The van der Waals surface area contributed by atoms with E-state index in [2.05, 4.69) is 120 Å². The molecule has 5 nitrogen and oxygen atoms in total. The van der Waals surface area contributed by atoms with Crippen LogP contribution in [-0.2, 0) is 16.7 Å². The normalized spacial score (nSPS) is 16.7. The predicted octanol–water partition coefficient (Wildman–Crippen LogP) is 9.10. The summed E-state index contributed by atoms with van der Waals surface area (Å²) >= 11 is 6.95. The second-order valence-electron chi connectivity index (χ2n) is 11.3. The standard InChI is InChI=1S/C32H32ClN2.C7H8O3S/c1-3-34-28(20-16-24-10-5-7-14-30(24)34)22-18-26-12-9-13-27(32(26)33)19-23-29-21-17-25-11-6-8-15-31(25)35(29)4-2;1-6-2-4-7(5-3-6)11(8,9)10/h5-8,10-11,14-23H,3-4,9,12-13H2,1-2H3;2-5H,1H3,(H,8,9,10)/q+1;/p-1. The molecule has 0 bridgehead atoms. The third kappa shape index (κ3) is 7.76. The average molecular weight is 651 g/mol. The van der Waals surface area contributed by atoms with Crippen molar-refractivity contribution in [2.45, 2.75) is 51.5 Å². The number of halogens is 1. The highest BCUT2D eigenvalue weighted by Crippen LogP contribution is 2.35. The predicted molar refractivity (Wildman–Crippen MR) is 189 cm³/mol. The Morgan fingerprint density at radius 3 is 2.35 bits per heavy atom. The third-order valence-corrected chi connectivity index (χ3v) is 9.59. The zero-order valence-electron chi connectivity index (χ0n) is 26.5. The Kier molecular flexibility index (Phi) is 10.7. The van der Waals surface area contributed by atoms with Gasteiger partial charge < -0.3 is 9.45 Å². The minimum atomic E-state index is -4.27. The number of allylic oxidation sites excluding steroid dienone is 7. The molecule has 0 saturated carbocycles. The van der Waals surface area contributed by atoms with Crippen molar-refractivity contribution in [2.24, 2.45) is 0 Å². The monoisotopic (exact) mass is 650 g/mol. The number of likely N-dealkylation sites (N-methyl/N-ethyl adjacent to an activating group) is 1. The number of fused-ring (bicyclic) bond motifs is 2. The maximum Gasteiger partial charge on any atom is 0.212 e. The minimum Gasteiger partial charge on any atom is -0.744 e.